The van der Waals surface area contributed by atoms with Crippen LogP contribution in [0.2, 0.25) is 10.0 Å². The summed E-state index contributed by atoms with van der Waals surface area (Å²) in [6.45, 7) is 9.01. The van der Waals surface area contributed by atoms with Crippen LogP contribution in [0.1, 0.15) is 34.1 Å². The van der Waals surface area contributed by atoms with Gasteiger partial charge >= 0.3 is 0 Å². The maximum Gasteiger partial charge on any atom is 0.137 e. The van der Waals surface area contributed by atoms with E-state index in [0.717, 1.165) is 65.5 Å². The molecule has 0 radical (unpaired) electrons. The fraction of sp³-hybridized carbons (Fsp3) is 0.276. The first-order valence-electron chi connectivity index (χ1n) is 12.1. The molecule has 1 aromatic heterocycles. The van der Waals surface area contributed by atoms with Gasteiger partial charge in [0.15, 0.2) is 0 Å². The van der Waals surface area contributed by atoms with Gasteiger partial charge in [-0.2, -0.15) is 0 Å². The van der Waals surface area contributed by atoms with E-state index in [1.54, 1.807) is 0 Å². The third-order valence-electron chi connectivity index (χ3n) is 6.83. The van der Waals surface area contributed by atoms with Crippen LogP contribution in [0.25, 0.3) is 11.4 Å². The van der Waals surface area contributed by atoms with Gasteiger partial charge in [-0.05, 0) is 49.2 Å². The Balaban J connectivity index is 1.29. The highest BCUT2D eigenvalue weighted by Gasteiger charge is 2.27. The molecule has 6 heteroatoms. The summed E-state index contributed by atoms with van der Waals surface area (Å²) in [5, 5.41) is 1.51. The molecule has 4 aromatic rings. The van der Waals surface area contributed by atoms with Gasteiger partial charge in [-0.1, -0.05) is 77.3 Å². The van der Waals surface area contributed by atoms with Crippen LogP contribution in [0, 0.1) is 13.8 Å². The number of hydrogen-bond donors (Lipinski definition) is 1. The highest BCUT2D eigenvalue weighted by atomic mass is 35.5. The van der Waals surface area contributed by atoms with Crippen LogP contribution in [0.15, 0.2) is 72.8 Å². The summed E-state index contributed by atoms with van der Waals surface area (Å²) in [5.74, 6) is 0.946. The predicted molar refractivity (Wildman–Crippen MR) is 145 cm³/mol. The average Bonchev–Trinajstić information content (AvgIpc) is 3.23. The molecule has 0 aliphatic carbocycles. The van der Waals surface area contributed by atoms with Gasteiger partial charge < -0.3 is 4.98 Å². The number of aromatic amines is 1. The number of imidazole rings is 1. The van der Waals surface area contributed by atoms with Crippen molar-refractivity contribution < 1.29 is 0 Å². The monoisotopic (exact) mass is 504 g/mol. The molecule has 3 aromatic carbocycles. The molecule has 0 spiro atoms. The van der Waals surface area contributed by atoms with Crippen LogP contribution in [0.4, 0.5) is 0 Å². The number of H-pyrrole nitrogens is 1. The van der Waals surface area contributed by atoms with Gasteiger partial charge in [-0.3, -0.25) is 9.80 Å². The van der Waals surface area contributed by atoms with Crippen LogP contribution in [0.5, 0.6) is 0 Å². The molecule has 35 heavy (non-hydrogen) atoms. The molecule has 4 nitrogen and oxygen atoms in total. The Kier molecular flexibility index (Phi) is 7.26. The Hall–Kier alpha value is -2.63. The van der Waals surface area contributed by atoms with Crippen molar-refractivity contribution in [2.24, 2.45) is 0 Å². The van der Waals surface area contributed by atoms with Gasteiger partial charge in [0.2, 0.25) is 0 Å². The zero-order valence-electron chi connectivity index (χ0n) is 20.1. The molecule has 1 aliphatic heterocycles. The van der Waals surface area contributed by atoms with Gasteiger partial charge in [0.25, 0.3) is 0 Å². The van der Waals surface area contributed by atoms with Crippen molar-refractivity contribution in [2.45, 2.75) is 26.4 Å². The van der Waals surface area contributed by atoms with Crippen molar-refractivity contribution >= 4 is 23.2 Å². The smallest absolute Gasteiger partial charge is 0.137 e. The third kappa shape index (κ3) is 5.62. The minimum atomic E-state index is 0.173. The van der Waals surface area contributed by atoms with Crippen LogP contribution < -0.4 is 0 Å². The molecule has 5 rings (SSSR count). The van der Waals surface area contributed by atoms with Crippen LogP contribution in [-0.2, 0) is 6.54 Å². The quantitative estimate of drug-likeness (QED) is 0.309. The van der Waals surface area contributed by atoms with Crippen molar-refractivity contribution in [1.82, 2.24) is 19.8 Å². The number of hydrogen-bond acceptors (Lipinski definition) is 3. The molecular weight excluding hydrogens is 475 g/mol. The zero-order chi connectivity index (χ0) is 24.4. The van der Waals surface area contributed by atoms with E-state index in [2.05, 4.69) is 77.2 Å². The molecule has 1 saturated heterocycles. The van der Waals surface area contributed by atoms with Crippen LogP contribution in [-0.4, -0.2) is 45.9 Å². The molecule has 180 valence electrons. The summed E-state index contributed by atoms with van der Waals surface area (Å²) in [6.07, 6.45) is 0. The van der Waals surface area contributed by atoms with E-state index in [1.807, 2.05) is 24.3 Å². The Morgan fingerprint density at radius 3 is 1.86 bits per heavy atom. The lowest BCUT2D eigenvalue weighted by Gasteiger charge is -2.39. The first-order valence-corrected chi connectivity index (χ1v) is 12.8. The maximum absolute atomic E-state index is 6.18. The average molecular weight is 505 g/mol. The maximum atomic E-state index is 6.18. The number of aromatic nitrogens is 2. The molecule has 0 amide bonds. The Morgan fingerprint density at radius 1 is 0.771 bits per heavy atom. The molecule has 0 saturated carbocycles. The minimum Gasteiger partial charge on any atom is -0.342 e. The molecule has 1 fully saturated rings. The predicted octanol–water partition coefficient (Wildman–Crippen LogP) is 6.91. The van der Waals surface area contributed by atoms with E-state index in [9.17, 15) is 0 Å². The fourth-order valence-corrected chi connectivity index (χ4v) is 5.05. The lowest BCUT2D eigenvalue weighted by molar-refractivity contribution is 0.104. The van der Waals surface area contributed by atoms with E-state index in [4.69, 9.17) is 28.2 Å². The van der Waals surface area contributed by atoms with E-state index >= 15 is 0 Å². The zero-order valence-corrected chi connectivity index (χ0v) is 21.7. The molecule has 0 atom stereocenters. The second kappa shape index (κ2) is 10.5. The van der Waals surface area contributed by atoms with E-state index in [1.165, 1.54) is 16.7 Å². The van der Waals surface area contributed by atoms with Gasteiger partial charge in [0, 0.05) is 54.0 Å². The first-order chi connectivity index (χ1) is 17.0. The number of rotatable bonds is 6. The summed E-state index contributed by atoms with van der Waals surface area (Å²) in [7, 11) is 0. The van der Waals surface area contributed by atoms with Crippen molar-refractivity contribution in [1.29, 1.82) is 0 Å². The summed E-state index contributed by atoms with van der Waals surface area (Å²) < 4.78 is 0. The highest BCUT2D eigenvalue weighted by Crippen LogP contribution is 2.31. The number of nitrogens with one attached hydrogen (secondary N) is 1. The van der Waals surface area contributed by atoms with Gasteiger partial charge in [-0.15, -0.1) is 0 Å². The standard InChI is InChI=1S/C29H30Cl2N4/c1-20-3-5-24(6-4-20)29-32-21(2)27(33-29)19-34-15-17-35(18-16-34)28(22-7-11-25(30)12-8-22)23-9-13-26(31)14-10-23/h3-14,28H,15-19H2,1-2H3,(H,32,33). The second-order valence-corrected chi connectivity index (χ2v) is 10.2. The van der Waals surface area contributed by atoms with Crippen molar-refractivity contribution in [3.63, 3.8) is 0 Å². The van der Waals surface area contributed by atoms with Gasteiger partial charge in [0.1, 0.15) is 5.82 Å². The van der Waals surface area contributed by atoms with E-state index < -0.39 is 0 Å². The molecule has 1 N–H and O–H groups in total. The number of aryl methyl sites for hydroxylation is 2. The second-order valence-electron chi connectivity index (χ2n) is 9.34. The number of piperazine rings is 1. The lowest BCUT2D eigenvalue weighted by atomic mass is 9.96. The summed E-state index contributed by atoms with van der Waals surface area (Å²) in [6, 6.07) is 25.1. The minimum absolute atomic E-state index is 0.173. The number of nitrogens with zero attached hydrogens (tertiary/aromatic N) is 3. The van der Waals surface area contributed by atoms with Crippen LogP contribution >= 0.6 is 23.2 Å². The fourth-order valence-electron chi connectivity index (χ4n) is 4.79. The van der Waals surface area contributed by atoms with E-state index in [-0.39, 0.29) is 6.04 Å². The van der Waals surface area contributed by atoms with Crippen molar-refractivity contribution in [2.75, 3.05) is 26.2 Å². The first kappa shape index (κ1) is 24.1. The molecule has 2 heterocycles. The molecular formula is C29H30Cl2N4. The largest absolute Gasteiger partial charge is 0.342 e. The third-order valence-corrected chi connectivity index (χ3v) is 7.33. The summed E-state index contributed by atoms with van der Waals surface area (Å²) in [5.41, 5.74) is 7.14. The Labute approximate surface area is 217 Å². The van der Waals surface area contributed by atoms with Gasteiger partial charge in [0.05, 0.1) is 11.7 Å². The van der Waals surface area contributed by atoms with Gasteiger partial charge in [-0.25, -0.2) is 4.98 Å². The van der Waals surface area contributed by atoms with Crippen molar-refractivity contribution in [3.05, 3.63) is 111 Å². The van der Waals surface area contributed by atoms with E-state index in [0.29, 0.717) is 0 Å². The normalized spacial score (nSPS) is 15.1. The number of benzene rings is 3. The molecule has 0 unspecified atom stereocenters. The number of halogens is 2. The van der Waals surface area contributed by atoms with Crippen molar-refractivity contribution in [3.8, 4) is 11.4 Å². The highest BCUT2D eigenvalue weighted by molar-refractivity contribution is 6.30. The Bertz CT molecular complexity index is 1210. The topological polar surface area (TPSA) is 35.2 Å². The SMILES string of the molecule is Cc1ccc(-c2nc(CN3CCN(C(c4ccc(Cl)cc4)c4ccc(Cl)cc4)CC3)c(C)[nH]2)cc1. The Morgan fingerprint density at radius 2 is 1.31 bits per heavy atom. The summed E-state index contributed by atoms with van der Waals surface area (Å²) >= 11 is 12.4. The molecule has 1 aliphatic rings. The lowest BCUT2D eigenvalue weighted by Crippen LogP contribution is -2.47. The molecule has 0 bridgehead atoms. The van der Waals surface area contributed by atoms with Crippen LogP contribution in [0.3, 0.4) is 0 Å². The summed E-state index contributed by atoms with van der Waals surface area (Å²) in [4.78, 5) is 13.5.